The molecule has 1 saturated heterocycles. The van der Waals surface area contributed by atoms with Crippen LogP contribution in [0.1, 0.15) is 24.6 Å². The Kier molecular flexibility index (Phi) is 3.42. The summed E-state index contributed by atoms with van der Waals surface area (Å²) in [5, 5.41) is 3.91. The zero-order valence-electron chi connectivity index (χ0n) is 8.11. The van der Waals surface area contributed by atoms with Crippen LogP contribution < -0.4 is 5.73 Å². The molecule has 1 aliphatic heterocycles. The van der Waals surface area contributed by atoms with Gasteiger partial charge in [0.2, 0.25) is 5.89 Å². The van der Waals surface area contributed by atoms with E-state index >= 15 is 0 Å². The van der Waals surface area contributed by atoms with Gasteiger partial charge in [-0.1, -0.05) is 5.16 Å². The van der Waals surface area contributed by atoms with E-state index in [0.717, 1.165) is 18.2 Å². The molecule has 0 aliphatic carbocycles. The van der Waals surface area contributed by atoms with Gasteiger partial charge in [-0.3, -0.25) is 0 Å². The van der Waals surface area contributed by atoms with Crippen molar-refractivity contribution >= 4 is 11.8 Å². The van der Waals surface area contributed by atoms with Crippen LogP contribution in [-0.4, -0.2) is 21.6 Å². The summed E-state index contributed by atoms with van der Waals surface area (Å²) in [5.74, 6) is 4.61. The van der Waals surface area contributed by atoms with E-state index in [-0.39, 0.29) is 0 Å². The Bertz CT molecular complexity index is 283. The van der Waals surface area contributed by atoms with Crippen LogP contribution in [-0.2, 0) is 13.0 Å². The Morgan fingerprint density at radius 1 is 1.57 bits per heavy atom. The summed E-state index contributed by atoms with van der Waals surface area (Å²) in [6.45, 7) is 0.340. The molecule has 1 fully saturated rings. The van der Waals surface area contributed by atoms with Gasteiger partial charge in [0.05, 0.1) is 6.54 Å². The zero-order valence-corrected chi connectivity index (χ0v) is 8.92. The molecule has 1 aliphatic rings. The molecule has 0 aromatic carbocycles. The van der Waals surface area contributed by atoms with E-state index < -0.39 is 0 Å². The highest BCUT2D eigenvalue weighted by Crippen LogP contribution is 2.24. The molecule has 14 heavy (non-hydrogen) atoms. The number of hydrogen-bond acceptors (Lipinski definition) is 5. The highest BCUT2D eigenvalue weighted by molar-refractivity contribution is 7.99. The molecule has 0 radical (unpaired) electrons. The molecule has 0 spiro atoms. The number of nitrogens with two attached hydrogens (primary N) is 1. The van der Waals surface area contributed by atoms with Crippen molar-refractivity contribution in [2.24, 2.45) is 11.7 Å². The van der Waals surface area contributed by atoms with Crippen molar-refractivity contribution in [3.8, 4) is 0 Å². The molecular weight excluding hydrogens is 198 g/mol. The quantitative estimate of drug-likeness (QED) is 0.817. The van der Waals surface area contributed by atoms with Gasteiger partial charge in [0.1, 0.15) is 0 Å². The van der Waals surface area contributed by atoms with Crippen LogP contribution in [0.2, 0.25) is 0 Å². The Labute approximate surface area is 87.6 Å². The molecule has 1 aromatic rings. The van der Waals surface area contributed by atoms with Crippen molar-refractivity contribution < 1.29 is 4.52 Å². The van der Waals surface area contributed by atoms with Gasteiger partial charge in [-0.25, -0.2) is 0 Å². The molecular formula is C9H15N3OS. The van der Waals surface area contributed by atoms with Crippen molar-refractivity contribution in [2.45, 2.75) is 25.8 Å². The monoisotopic (exact) mass is 213 g/mol. The Hall–Kier alpha value is -0.550. The summed E-state index contributed by atoms with van der Waals surface area (Å²) < 4.78 is 4.96. The Morgan fingerprint density at radius 3 is 3.14 bits per heavy atom. The van der Waals surface area contributed by atoms with E-state index in [1.807, 2.05) is 11.8 Å². The maximum absolute atomic E-state index is 5.40. The molecule has 78 valence electrons. The molecule has 1 atom stereocenters. The third kappa shape index (κ3) is 2.48. The van der Waals surface area contributed by atoms with Crippen LogP contribution in [0, 0.1) is 5.92 Å². The van der Waals surface area contributed by atoms with E-state index in [2.05, 4.69) is 10.1 Å². The minimum Gasteiger partial charge on any atom is -0.338 e. The second-order valence-electron chi connectivity index (χ2n) is 3.60. The predicted molar refractivity (Wildman–Crippen MR) is 55.9 cm³/mol. The van der Waals surface area contributed by atoms with Crippen molar-refractivity contribution in [2.75, 3.05) is 11.5 Å². The van der Waals surface area contributed by atoms with E-state index in [1.54, 1.807) is 0 Å². The third-order valence-electron chi connectivity index (χ3n) is 2.41. The van der Waals surface area contributed by atoms with Crippen molar-refractivity contribution in [3.63, 3.8) is 0 Å². The molecule has 2 N–H and O–H groups in total. The van der Waals surface area contributed by atoms with Crippen molar-refractivity contribution in [1.29, 1.82) is 0 Å². The van der Waals surface area contributed by atoms with E-state index in [4.69, 9.17) is 10.3 Å². The minimum atomic E-state index is 0.340. The molecule has 1 aromatic heterocycles. The SMILES string of the molecule is NCc1nc(CC2CCCSC2)no1. The lowest BCUT2D eigenvalue weighted by Gasteiger charge is -2.19. The summed E-state index contributed by atoms with van der Waals surface area (Å²) in [5.41, 5.74) is 5.40. The van der Waals surface area contributed by atoms with Gasteiger partial charge >= 0.3 is 0 Å². The Balaban J connectivity index is 1.89. The minimum absolute atomic E-state index is 0.340. The summed E-state index contributed by atoms with van der Waals surface area (Å²) in [4.78, 5) is 4.21. The van der Waals surface area contributed by atoms with Crippen LogP contribution in [0.4, 0.5) is 0 Å². The van der Waals surface area contributed by atoms with Crippen LogP contribution in [0.3, 0.4) is 0 Å². The van der Waals surface area contributed by atoms with Gasteiger partial charge in [-0.15, -0.1) is 0 Å². The van der Waals surface area contributed by atoms with Gasteiger partial charge in [0, 0.05) is 6.42 Å². The van der Waals surface area contributed by atoms with Gasteiger partial charge in [-0.2, -0.15) is 16.7 Å². The van der Waals surface area contributed by atoms with Crippen molar-refractivity contribution in [3.05, 3.63) is 11.7 Å². The standard InChI is InChI=1S/C9H15N3OS/c10-5-9-11-8(12-13-9)4-7-2-1-3-14-6-7/h7H,1-6,10H2. The lowest BCUT2D eigenvalue weighted by Crippen LogP contribution is -2.14. The van der Waals surface area contributed by atoms with E-state index in [1.165, 1.54) is 24.3 Å². The van der Waals surface area contributed by atoms with Gasteiger partial charge in [0.25, 0.3) is 0 Å². The van der Waals surface area contributed by atoms with Crippen LogP contribution in [0.5, 0.6) is 0 Å². The van der Waals surface area contributed by atoms with Crippen LogP contribution in [0.25, 0.3) is 0 Å². The fourth-order valence-electron chi connectivity index (χ4n) is 1.68. The zero-order chi connectivity index (χ0) is 9.80. The average Bonchev–Trinajstić information content (AvgIpc) is 2.67. The summed E-state index contributed by atoms with van der Waals surface area (Å²) in [6, 6.07) is 0. The number of rotatable bonds is 3. The fourth-order valence-corrected chi connectivity index (χ4v) is 2.84. The first kappa shape index (κ1) is 9.98. The normalized spacial score (nSPS) is 22.5. The van der Waals surface area contributed by atoms with Crippen LogP contribution in [0.15, 0.2) is 4.52 Å². The molecule has 2 rings (SSSR count). The van der Waals surface area contributed by atoms with E-state index in [0.29, 0.717) is 12.4 Å². The van der Waals surface area contributed by atoms with Crippen LogP contribution >= 0.6 is 11.8 Å². The first-order chi connectivity index (χ1) is 6.88. The first-order valence-corrected chi connectivity index (χ1v) is 6.13. The lowest BCUT2D eigenvalue weighted by molar-refractivity contribution is 0.370. The molecule has 2 heterocycles. The predicted octanol–water partition coefficient (Wildman–Crippen LogP) is 1.21. The summed E-state index contributed by atoms with van der Waals surface area (Å²) in [6.07, 6.45) is 3.55. The van der Waals surface area contributed by atoms with Crippen molar-refractivity contribution in [1.82, 2.24) is 10.1 Å². The molecule has 5 heteroatoms. The number of hydrogen-bond donors (Lipinski definition) is 1. The van der Waals surface area contributed by atoms with Gasteiger partial charge < -0.3 is 10.3 Å². The molecule has 1 unspecified atom stereocenters. The molecule has 0 saturated carbocycles. The Morgan fingerprint density at radius 2 is 2.50 bits per heavy atom. The number of thioether (sulfide) groups is 1. The maximum atomic E-state index is 5.40. The first-order valence-electron chi connectivity index (χ1n) is 4.97. The highest BCUT2D eigenvalue weighted by atomic mass is 32.2. The smallest absolute Gasteiger partial charge is 0.240 e. The number of nitrogens with zero attached hydrogens (tertiary/aromatic N) is 2. The second-order valence-corrected chi connectivity index (χ2v) is 4.75. The maximum Gasteiger partial charge on any atom is 0.240 e. The topological polar surface area (TPSA) is 64.9 Å². The summed E-state index contributed by atoms with van der Waals surface area (Å²) in [7, 11) is 0. The van der Waals surface area contributed by atoms with Gasteiger partial charge in [-0.05, 0) is 30.3 Å². The number of aromatic nitrogens is 2. The van der Waals surface area contributed by atoms with E-state index in [9.17, 15) is 0 Å². The lowest BCUT2D eigenvalue weighted by atomic mass is 10.0. The second kappa shape index (κ2) is 4.79. The molecule has 0 amide bonds. The van der Waals surface area contributed by atoms with Gasteiger partial charge in [0.15, 0.2) is 5.82 Å². The highest BCUT2D eigenvalue weighted by Gasteiger charge is 2.17. The summed E-state index contributed by atoms with van der Waals surface area (Å²) >= 11 is 2.02. The average molecular weight is 213 g/mol. The largest absolute Gasteiger partial charge is 0.338 e. The third-order valence-corrected chi connectivity index (χ3v) is 3.70. The molecule has 0 bridgehead atoms. The fraction of sp³-hybridized carbons (Fsp3) is 0.778. The molecule has 4 nitrogen and oxygen atoms in total.